The molecule has 13 nitrogen and oxygen atoms in total. The predicted molar refractivity (Wildman–Crippen MR) is 171 cm³/mol. The van der Waals surface area contributed by atoms with E-state index in [4.69, 9.17) is 37.9 Å². The van der Waals surface area contributed by atoms with Crippen molar-refractivity contribution in [1.82, 2.24) is 14.7 Å². The monoisotopic (exact) mass is 643 g/mol. The number of carbonyl (C=O) groups excluding carboxylic acids is 1. The summed E-state index contributed by atoms with van der Waals surface area (Å²) in [4.78, 5) is 29.6. The molecule has 1 aromatic heterocycles. The Labute approximate surface area is 269 Å². The van der Waals surface area contributed by atoms with Crippen LogP contribution in [-0.2, 0) is 16.0 Å². The summed E-state index contributed by atoms with van der Waals surface area (Å²) in [5, 5.41) is 5.21. The van der Waals surface area contributed by atoms with Gasteiger partial charge in [-0.1, -0.05) is 13.3 Å². The molecule has 0 aliphatic carbocycles. The Morgan fingerprint density at radius 1 is 0.848 bits per heavy atom. The number of hydrogen-bond donors (Lipinski definition) is 0. The second-order valence-electron chi connectivity index (χ2n) is 10.5. The van der Waals surface area contributed by atoms with E-state index in [1.807, 2.05) is 13.8 Å². The molecular formula is C33H45N3O10. The van der Waals surface area contributed by atoms with Crippen LogP contribution < -0.4 is 34.0 Å². The van der Waals surface area contributed by atoms with Crippen molar-refractivity contribution in [3.63, 3.8) is 0 Å². The molecule has 1 saturated heterocycles. The topological polar surface area (TPSA) is 129 Å². The molecule has 0 spiro atoms. The summed E-state index contributed by atoms with van der Waals surface area (Å²) >= 11 is 0. The highest BCUT2D eigenvalue weighted by Gasteiger charge is 2.26. The molecule has 1 aliphatic rings. The number of fused-ring (bicyclic) bond motifs is 1. The smallest absolute Gasteiger partial charge is 0.338 e. The first-order valence-corrected chi connectivity index (χ1v) is 15.6. The second kappa shape index (κ2) is 16.9. The van der Waals surface area contributed by atoms with Crippen molar-refractivity contribution in [2.24, 2.45) is 0 Å². The minimum Gasteiger partial charge on any atom is -0.493 e. The number of methoxy groups -OCH3 is 3. The molecule has 0 N–H and O–H groups in total. The molecule has 46 heavy (non-hydrogen) atoms. The Bertz CT molecular complexity index is 1490. The maximum atomic E-state index is 13.8. The third-order valence-electron chi connectivity index (χ3n) is 7.48. The molecule has 2 heterocycles. The lowest BCUT2D eigenvalue weighted by molar-refractivity contribution is -0.00908. The first-order chi connectivity index (χ1) is 22.4. The van der Waals surface area contributed by atoms with Crippen LogP contribution in [0.1, 0.15) is 44.0 Å². The van der Waals surface area contributed by atoms with E-state index in [1.165, 1.54) is 32.2 Å². The lowest BCUT2D eigenvalue weighted by Gasteiger charge is -2.30. The van der Waals surface area contributed by atoms with Gasteiger partial charge < -0.3 is 37.9 Å². The zero-order valence-electron chi connectivity index (χ0n) is 27.6. The molecule has 4 rings (SSSR count). The summed E-state index contributed by atoms with van der Waals surface area (Å²) in [6.07, 6.45) is 2.62. The second-order valence-corrected chi connectivity index (χ2v) is 10.5. The number of hydrogen-bond acceptors (Lipinski definition) is 12. The molecule has 2 aromatic carbocycles. The van der Waals surface area contributed by atoms with Gasteiger partial charge in [0, 0.05) is 19.6 Å². The SMILES string of the molecule is CCCCOc1c(OCC)cc(C(=O)OC(CN2CCOCC2)Cn2ncc3c(OC)c(OC)c(OC)cc3c2=O)cc1OCC. The number of morpholine rings is 1. The number of benzene rings is 2. The highest BCUT2D eigenvalue weighted by atomic mass is 16.6. The average molecular weight is 644 g/mol. The van der Waals surface area contributed by atoms with Gasteiger partial charge in [-0.05, 0) is 38.5 Å². The first kappa shape index (κ1) is 34.6. The van der Waals surface area contributed by atoms with Crippen LogP contribution >= 0.6 is 0 Å². The van der Waals surface area contributed by atoms with Crippen molar-refractivity contribution in [1.29, 1.82) is 0 Å². The molecule has 13 heteroatoms. The van der Waals surface area contributed by atoms with E-state index in [0.717, 1.165) is 12.8 Å². The van der Waals surface area contributed by atoms with Crippen LogP contribution in [0.2, 0.25) is 0 Å². The van der Waals surface area contributed by atoms with Crippen LogP contribution in [0.15, 0.2) is 29.2 Å². The zero-order chi connectivity index (χ0) is 33.1. The molecule has 3 aromatic rings. The van der Waals surface area contributed by atoms with Gasteiger partial charge in [0.15, 0.2) is 23.0 Å². The summed E-state index contributed by atoms with van der Waals surface area (Å²) in [7, 11) is 4.46. The number of nitrogens with zero attached hydrogens (tertiary/aromatic N) is 3. The van der Waals surface area contributed by atoms with E-state index in [9.17, 15) is 9.59 Å². The van der Waals surface area contributed by atoms with Crippen LogP contribution in [0.4, 0.5) is 0 Å². The van der Waals surface area contributed by atoms with Gasteiger partial charge in [-0.15, -0.1) is 0 Å². The Kier molecular flexibility index (Phi) is 12.7. The van der Waals surface area contributed by atoms with E-state index >= 15 is 0 Å². The van der Waals surface area contributed by atoms with E-state index in [2.05, 4.69) is 16.9 Å². The Morgan fingerprint density at radius 2 is 1.52 bits per heavy atom. The summed E-state index contributed by atoms with van der Waals surface area (Å²) < 4.78 is 47.1. The van der Waals surface area contributed by atoms with Crippen LogP contribution in [0.5, 0.6) is 34.5 Å². The highest BCUT2D eigenvalue weighted by molar-refractivity contribution is 5.92. The predicted octanol–water partition coefficient (Wildman–Crippen LogP) is 3.96. The summed E-state index contributed by atoms with van der Waals surface area (Å²) in [6, 6.07) is 4.80. The van der Waals surface area contributed by atoms with Gasteiger partial charge in [0.05, 0.1) is 83.4 Å². The Morgan fingerprint density at radius 3 is 2.11 bits per heavy atom. The van der Waals surface area contributed by atoms with Crippen molar-refractivity contribution >= 4 is 16.7 Å². The molecular weight excluding hydrogens is 598 g/mol. The zero-order valence-corrected chi connectivity index (χ0v) is 27.6. The van der Waals surface area contributed by atoms with Gasteiger partial charge in [0.25, 0.3) is 5.56 Å². The fraction of sp³-hybridized carbons (Fsp3) is 0.545. The van der Waals surface area contributed by atoms with Crippen molar-refractivity contribution in [2.75, 3.05) is 74.0 Å². The normalized spacial score (nSPS) is 14.0. The molecule has 1 atom stereocenters. The highest BCUT2D eigenvalue weighted by Crippen LogP contribution is 2.42. The summed E-state index contributed by atoms with van der Waals surface area (Å²) in [5.74, 6) is 1.68. The van der Waals surface area contributed by atoms with E-state index in [-0.39, 0.29) is 12.1 Å². The van der Waals surface area contributed by atoms with Crippen LogP contribution in [0.3, 0.4) is 0 Å². The van der Waals surface area contributed by atoms with Gasteiger partial charge in [0.2, 0.25) is 11.5 Å². The van der Waals surface area contributed by atoms with Gasteiger partial charge in [-0.25, -0.2) is 9.48 Å². The van der Waals surface area contributed by atoms with Gasteiger partial charge in [-0.3, -0.25) is 9.69 Å². The summed E-state index contributed by atoms with van der Waals surface area (Å²) in [6.45, 7) is 9.83. The lowest BCUT2D eigenvalue weighted by Crippen LogP contribution is -2.44. The molecule has 0 amide bonds. The molecule has 0 radical (unpaired) electrons. The Hall–Kier alpha value is -4.23. The van der Waals surface area contributed by atoms with Gasteiger partial charge in [-0.2, -0.15) is 5.10 Å². The standard InChI is InChI=1S/C33H45N3O10/c1-7-10-13-45-30-27(43-8-2)16-22(17-28(30)44-9-3)33(38)46-23(20-35-11-14-42-15-12-35)21-36-32(37)24-18-26(39-4)31(41-6)29(40-5)25(24)19-34-36/h16-19,23H,7-15,20-21H2,1-6H3. The quantitative estimate of drug-likeness (QED) is 0.156. The van der Waals surface area contributed by atoms with Crippen LogP contribution in [0.25, 0.3) is 10.8 Å². The Balaban J connectivity index is 1.69. The molecule has 1 unspecified atom stereocenters. The van der Waals surface area contributed by atoms with Crippen molar-refractivity contribution in [3.05, 3.63) is 40.3 Å². The fourth-order valence-electron chi connectivity index (χ4n) is 5.23. The number of ether oxygens (including phenoxy) is 8. The third kappa shape index (κ3) is 8.13. The van der Waals surface area contributed by atoms with E-state index in [1.54, 1.807) is 18.2 Å². The van der Waals surface area contributed by atoms with E-state index < -0.39 is 17.6 Å². The third-order valence-corrected chi connectivity index (χ3v) is 7.48. The minimum absolute atomic E-state index is 0.00335. The largest absolute Gasteiger partial charge is 0.493 e. The molecule has 252 valence electrons. The minimum atomic E-state index is -0.734. The average Bonchev–Trinajstić information content (AvgIpc) is 3.06. The molecule has 1 aliphatic heterocycles. The maximum absolute atomic E-state index is 13.8. The maximum Gasteiger partial charge on any atom is 0.338 e. The van der Waals surface area contributed by atoms with Crippen molar-refractivity contribution in [3.8, 4) is 34.5 Å². The van der Waals surface area contributed by atoms with Crippen LogP contribution in [-0.4, -0.2) is 101 Å². The van der Waals surface area contributed by atoms with E-state index in [0.29, 0.717) is 97.9 Å². The summed E-state index contributed by atoms with van der Waals surface area (Å²) in [5.41, 5.74) is -0.160. The van der Waals surface area contributed by atoms with Crippen molar-refractivity contribution < 1.29 is 42.7 Å². The fourth-order valence-corrected chi connectivity index (χ4v) is 5.23. The number of esters is 1. The first-order valence-electron chi connectivity index (χ1n) is 15.6. The number of aromatic nitrogens is 2. The molecule has 0 saturated carbocycles. The van der Waals surface area contributed by atoms with Gasteiger partial charge in [0.1, 0.15) is 6.10 Å². The molecule has 1 fully saturated rings. The van der Waals surface area contributed by atoms with Crippen molar-refractivity contribution in [2.45, 2.75) is 46.3 Å². The number of carbonyl (C=O) groups is 1. The number of rotatable bonds is 17. The molecule has 0 bridgehead atoms. The number of unbranched alkanes of at least 4 members (excludes halogenated alkanes) is 1. The lowest BCUT2D eigenvalue weighted by atomic mass is 10.1. The van der Waals surface area contributed by atoms with Gasteiger partial charge >= 0.3 is 5.97 Å². The van der Waals surface area contributed by atoms with Crippen LogP contribution in [0, 0.1) is 0 Å².